The van der Waals surface area contributed by atoms with Gasteiger partial charge in [0.25, 0.3) is 0 Å². The topological polar surface area (TPSA) is 60.7 Å². The van der Waals surface area contributed by atoms with Gasteiger partial charge in [0.05, 0.1) is 0 Å². The zero-order valence-electron chi connectivity index (χ0n) is 18.5. The first-order valence-electron chi connectivity index (χ1n) is 10.8. The number of rotatable bonds is 6. The smallest absolute Gasteiger partial charge is 0.119 e. The Morgan fingerprint density at radius 2 is 0.938 bits per heavy atom. The number of hydrogen-bond donors (Lipinski definition) is 3. The highest BCUT2D eigenvalue weighted by molar-refractivity contribution is 5.46. The summed E-state index contributed by atoms with van der Waals surface area (Å²) in [6.45, 7) is 3.98. The second kappa shape index (κ2) is 9.19. The molecule has 0 aliphatic rings. The van der Waals surface area contributed by atoms with E-state index in [0.717, 1.165) is 39.8 Å². The van der Waals surface area contributed by atoms with Crippen molar-refractivity contribution in [2.75, 3.05) is 0 Å². The lowest BCUT2D eigenvalue weighted by molar-refractivity contribution is 0.468. The molecule has 0 aliphatic carbocycles. The van der Waals surface area contributed by atoms with E-state index in [-0.39, 0.29) is 17.2 Å². The zero-order valence-corrected chi connectivity index (χ0v) is 18.5. The molecule has 4 aromatic rings. The van der Waals surface area contributed by atoms with Crippen molar-refractivity contribution in [2.24, 2.45) is 0 Å². The predicted molar refractivity (Wildman–Crippen MR) is 129 cm³/mol. The molecule has 3 nitrogen and oxygen atoms in total. The molecule has 4 aromatic carbocycles. The van der Waals surface area contributed by atoms with Crippen LogP contribution in [-0.4, -0.2) is 15.3 Å². The minimum absolute atomic E-state index is 0.247. The molecule has 0 saturated carbocycles. The number of aromatic hydroxyl groups is 3. The van der Waals surface area contributed by atoms with Crippen LogP contribution in [0.2, 0.25) is 0 Å². The fourth-order valence-corrected chi connectivity index (χ4v) is 4.08. The Morgan fingerprint density at radius 1 is 0.469 bits per heavy atom. The molecule has 0 amide bonds. The molecule has 0 fully saturated rings. The molecule has 0 aliphatic heterocycles. The quantitative estimate of drug-likeness (QED) is 0.346. The van der Waals surface area contributed by atoms with E-state index in [2.05, 4.69) is 31.2 Å². The summed E-state index contributed by atoms with van der Waals surface area (Å²) < 4.78 is 0. The van der Waals surface area contributed by atoms with Crippen LogP contribution >= 0.6 is 0 Å². The van der Waals surface area contributed by atoms with Gasteiger partial charge in [-0.3, -0.25) is 0 Å². The summed E-state index contributed by atoms with van der Waals surface area (Å²) in [6, 6.07) is 25.2. The minimum atomic E-state index is 0.247. The van der Waals surface area contributed by atoms with Crippen LogP contribution in [0.15, 0.2) is 78.9 Å². The van der Waals surface area contributed by atoms with Gasteiger partial charge in [0.1, 0.15) is 17.2 Å². The van der Waals surface area contributed by atoms with E-state index in [0.29, 0.717) is 12.8 Å². The van der Waals surface area contributed by atoms with Crippen LogP contribution < -0.4 is 0 Å². The Kier molecular flexibility index (Phi) is 6.18. The lowest BCUT2D eigenvalue weighted by atomic mass is 9.95. The Labute approximate surface area is 189 Å². The molecule has 0 radical (unpaired) electrons. The number of benzene rings is 4. The molecular formula is C29H28O3. The highest BCUT2D eigenvalue weighted by atomic mass is 16.3. The maximum Gasteiger partial charge on any atom is 0.119 e. The third-order valence-electron chi connectivity index (χ3n) is 5.99. The van der Waals surface area contributed by atoms with E-state index in [4.69, 9.17) is 0 Å². The van der Waals surface area contributed by atoms with Gasteiger partial charge in [0, 0.05) is 12.8 Å². The molecule has 0 spiro atoms. The SMILES string of the molecule is Cc1cc(Cc2cc(Cc3cc(Cc4ccccc4C)ccc3O)ccc2O)ccc1O. The normalized spacial score (nSPS) is 10.9. The molecule has 162 valence electrons. The highest BCUT2D eigenvalue weighted by Crippen LogP contribution is 2.28. The zero-order chi connectivity index (χ0) is 22.7. The summed E-state index contributed by atoms with van der Waals surface area (Å²) in [5.74, 6) is 0.798. The van der Waals surface area contributed by atoms with Crippen LogP contribution in [0.25, 0.3) is 0 Å². The van der Waals surface area contributed by atoms with E-state index >= 15 is 0 Å². The molecule has 0 bridgehead atoms. The molecule has 0 atom stereocenters. The lowest BCUT2D eigenvalue weighted by Crippen LogP contribution is -1.97. The van der Waals surface area contributed by atoms with E-state index in [1.807, 2.05) is 43.3 Å². The molecule has 32 heavy (non-hydrogen) atoms. The average molecular weight is 425 g/mol. The molecule has 3 N–H and O–H groups in total. The first-order chi connectivity index (χ1) is 15.4. The summed E-state index contributed by atoms with van der Waals surface area (Å²) in [4.78, 5) is 0. The largest absolute Gasteiger partial charge is 0.508 e. The molecule has 3 heteroatoms. The van der Waals surface area contributed by atoms with Crippen LogP contribution in [0.4, 0.5) is 0 Å². The van der Waals surface area contributed by atoms with E-state index in [1.165, 1.54) is 11.1 Å². The third kappa shape index (κ3) is 4.94. The summed E-state index contributed by atoms with van der Waals surface area (Å²) >= 11 is 0. The second-order valence-electron chi connectivity index (χ2n) is 8.50. The van der Waals surface area contributed by atoms with E-state index in [9.17, 15) is 15.3 Å². The third-order valence-corrected chi connectivity index (χ3v) is 5.99. The number of phenolic OH excluding ortho intramolecular Hbond substituents is 3. The monoisotopic (exact) mass is 424 g/mol. The van der Waals surface area contributed by atoms with Crippen molar-refractivity contribution in [3.8, 4) is 17.2 Å². The van der Waals surface area contributed by atoms with Gasteiger partial charge in [0.15, 0.2) is 0 Å². The van der Waals surface area contributed by atoms with Crippen LogP contribution in [0.1, 0.15) is 44.5 Å². The maximum absolute atomic E-state index is 10.5. The Hall–Kier alpha value is -3.72. The van der Waals surface area contributed by atoms with Crippen molar-refractivity contribution in [1.29, 1.82) is 0 Å². The van der Waals surface area contributed by atoms with Gasteiger partial charge in [0.2, 0.25) is 0 Å². The Morgan fingerprint density at radius 3 is 1.47 bits per heavy atom. The standard InChI is InChI=1S/C29H28O3/c1-19-5-3-4-6-24(19)14-22-8-11-29(32)26(16-22)18-23-9-12-28(31)25(17-23)15-21-7-10-27(30)20(2)13-21/h3-13,16-17,30-32H,14-15,18H2,1-2H3. The molecule has 0 heterocycles. The van der Waals surface area contributed by atoms with E-state index in [1.54, 1.807) is 18.2 Å². The second-order valence-corrected chi connectivity index (χ2v) is 8.50. The lowest BCUT2D eigenvalue weighted by Gasteiger charge is -2.12. The highest BCUT2D eigenvalue weighted by Gasteiger charge is 2.10. The fourth-order valence-electron chi connectivity index (χ4n) is 4.08. The summed E-state index contributed by atoms with van der Waals surface area (Å²) in [6.07, 6.45) is 1.97. The van der Waals surface area contributed by atoms with Gasteiger partial charge in [-0.25, -0.2) is 0 Å². The minimum Gasteiger partial charge on any atom is -0.508 e. The van der Waals surface area contributed by atoms with Crippen molar-refractivity contribution in [1.82, 2.24) is 0 Å². The molecule has 0 saturated heterocycles. The van der Waals surface area contributed by atoms with E-state index < -0.39 is 0 Å². The van der Waals surface area contributed by atoms with Crippen LogP contribution in [0, 0.1) is 13.8 Å². The first kappa shape index (κ1) is 21.5. The van der Waals surface area contributed by atoms with Gasteiger partial charge < -0.3 is 15.3 Å². The Balaban J connectivity index is 1.56. The van der Waals surface area contributed by atoms with Crippen molar-refractivity contribution in [3.63, 3.8) is 0 Å². The average Bonchev–Trinajstić information content (AvgIpc) is 2.77. The first-order valence-corrected chi connectivity index (χ1v) is 10.8. The van der Waals surface area contributed by atoms with Gasteiger partial charge >= 0.3 is 0 Å². The van der Waals surface area contributed by atoms with Gasteiger partial charge in [-0.15, -0.1) is 0 Å². The van der Waals surface area contributed by atoms with Crippen molar-refractivity contribution in [3.05, 3.63) is 123 Å². The fraction of sp³-hybridized carbons (Fsp3) is 0.172. The van der Waals surface area contributed by atoms with Gasteiger partial charge in [-0.2, -0.15) is 0 Å². The van der Waals surface area contributed by atoms with Gasteiger partial charge in [-0.05, 0) is 83.0 Å². The van der Waals surface area contributed by atoms with Crippen molar-refractivity contribution < 1.29 is 15.3 Å². The van der Waals surface area contributed by atoms with Crippen molar-refractivity contribution in [2.45, 2.75) is 33.1 Å². The van der Waals surface area contributed by atoms with Crippen LogP contribution in [-0.2, 0) is 19.3 Å². The predicted octanol–water partition coefficient (Wildman–Crippen LogP) is 6.19. The summed E-state index contributed by atoms with van der Waals surface area (Å²) in [5.41, 5.74) is 8.25. The number of phenols is 3. The molecule has 0 unspecified atom stereocenters. The summed E-state index contributed by atoms with van der Waals surface area (Å²) in [5, 5.41) is 30.6. The molecular weight excluding hydrogens is 396 g/mol. The maximum atomic E-state index is 10.5. The van der Waals surface area contributed by atoms with Crippen LogP contribution in [0.5, 0.6) is 17.2 Å². The number of hydrogen-bond acceptors (Lipinski definition) is 3. The Bertz CT molecular complexity index is 1260. The molecule has 0 aromatic heterocycles. The van der Waals surface area contributed by atoms with Crippen LogP contribution in [0.3, 0.4) is 0 Å². The molecule has 4 rings (SSSR count). The summed E-state index contributed by atoms with van der Waals surface area (Å²) in [7, 11) is 0. The van der Waals surface area contributed by atoms with Crippen molar-refractivity contribution >= 4 is 0 Å². The number of aryl methyl sites for hydroxylation is 2. The van der Waals surface area contributed by atoms with Gasteiger partial charge in [-0.1, -0.05) is 60.7 Å².